The van der Waals surface area contributed by atoms with Crippen LogP contribution in [0.2, 0.25) is 5.02 Å². The van der Waals surface area contributed by atoms with Crippen LogP contribution in [-0.4, -0.2) is 26.9 Å². The number of hydrogen-bond donors (Lipinski definition) is 1. The molecule has 0 unspecified atom stereocenters. The van der Waals surface area contributed by atoms with Crippen LogP contribution < -0.4 is 9.62 Å². The van der Waals surface area contributed by atoms with Crippen molar-refractivity contribution < 1.29 is 13.2 Å². The molecule has 5 nitrogen and oxygen atoms in total. The normalized spacial score (nSPS) is 18.2. The van der Waals surface area contributed by atoms with Crippen molar-refractivity contribution >= 4 is 33.2 Å². The summed E-state index contributed by atoms with van der Waals surface area (Å²) in [6, 6.07) is 13.1. The molecular formula is C17H17ClN2O3S. The summed E-state index contributed by atoms with van der Waals surface area (Å²) in [7, 11) is -3.82. The van der Waals surface area contributed by atoms with Crippen molar-refractivity contribution in [1.82, 2.24) is 4.72 Å². The van der Waals surface area contributed by atoms with Gasteiger partial charge in [0.25, 0.3) is 0 Å². The molecule has 1 heterocycles. The van der Waals surface area contributed by atoms with E-state index in [1.807, 2.05) is 30.3 Å². The number of amides is 1. The lowest BCUT2D eigenvalue weighted by atomic mass is 10.2. The molecule has 1 fully saturated rings. The molecule has 2 aromatic rings. The number of halogens is 1. The minimum absolute atomic E-state index is 0.0981. The Bertz CT molecular complexity index is 869. The van der Waals surface area contributed by atoms with Crippen molar-refractivity contribution in [3.05, 3.63) is 59.1 Å². The lowest BCUT2D eigenvalue weighted by Crippen LogP contribution is -2.41. The van der Waals surface area contributed by atoms with Crippen molar-refractivity contribution in [2.75, 3.05) is 11.4 Å². The van der Waals surface area contributed by atoms with Crippen LogP contribution in [0.5, 0.6) is 0 Å². The maximum absolute atomic E-state index is 12.6. The monoisotopic (exact) mass is 364 g/mol. The number of anilines is 1. The molecule has 0 aliphatic carbocycles. The molecule has 0 saturated carbocycles. The first-order valence-corrected chi connectivity index (χ1v) is 9.40. The van der Waals surface area contributed by atoms with Crippen LogP contribution in [0.3, 0.4) is 0 Å². The Hall–Kier alpha value is -1.89. The highest BCUT2D eigenvalue weighted by molar-refractivity contribution is 7.89. The maximum Gasteiger partial charge on any atom is 0.245 e. The molecular weight excluding hydrogens is 348 g/mol. The largest absolute Gasteiger partial charge is 0.311 e. The Balaban J connectivity index is 1.82. The zero-order valence-electron chi connectivity index (χ0n) is 13.1. The summed E-state index contributed by atoms with van der Waals surface area (Å²) in [4.78, 5) is 14.2. The number of nitrogens with zero attached hydrogens (tertiary/aromatic N) is 1. The fraction of sp³-hybridized carbons (Fsp3) is 0.235. The molecule has 0 bridgehead atoms. The first-order valence-electron chi connectivity index (χ1n) is 7.54. The van der Waals surface area contributed by atoms with Crippen LogP contribution in [0, 0.1) is 6.92 Å². The van der Waals surface area contributed by atoms with Crippen molar-refractivity contribution in [3.8, 4) is 0 Å². The third-order valence-electron chi connectivity index (χ3n) is 4.08. The van der Waals surface area contributed by atoms with Gasteiger partial charge in [-0.1, -0.05) is 35.9 Å². The van der Waals surface area contributed by atoms with E-state index in [1.54, 1.807) is 24.0 Å². The quantitative estimate of drug-likeness (QED) is 0.907. The number of sulfonamides is 1. The summed E-state index contributed by atoms with van der Waals surface area (Å²) >= 11 is 6.00. The highest BCUT2D eigenvalue weighted by atomic mass is 35.5. The number of carbonyl (C=O) groups is 1. The van der Waals surface area contributed by atoms with Gasteiger partial charge in [-0.05, 0) is 43.2 Å². The van der Waals surface area contributed by atoms with Gasteiger partial charge in [0.05, 0.1) is 4.90 Å². The number of hydrogen-bond acceptors (Lipinski definition) is 3. The van der Waals surface area contributed by atoms with Crippen molar-refractivity contribution in [3.63, 3.8) is 0 Å². The standard InChI is InChI=1S/C17H17ClN2O3S/c1-12-14(18)8-5-9-16(12)24(22,23)19-15-10-11-20(17(15)21)13-6-3-2-4-7-13/h2-9,15,19H,10-11H2,1H3/t15-/m0/s1. The van der Waals surface area contributed by atoms with Crippen molar-refractivity contribution in [2.45, 2.75) is 24.3 Å². The lowest BCUT2D eigenvalue weighted by molar-refractivity contribution is -0.118. The molecule has 2 aromatic carbocycles. The molecule has 1 saturated heterocycles. The summed E-state index contributed by atoms with van der Waals surface area (Å²) in [5.74, 6) is -0.246. The van der Waals surface area contributed by atoms with Gasteiger partial charge in [-0.25, -0.2) is 8.42 Å². The summed E-state index contributed by atoms with van der Waals surface area (Å²) in [6.07, 6.45) is 0.423. The maximum atomic E-state index is 12.6. The Kier molecular flexibility index (Phi) is 4.62. The van der Waals surface area contributed by atoms with Crippen LogP contribution in [0.25, 0.3) is 0 Å². The van der Waals surface area contributed by atoms with Crippen LogP contribution in [0.15, 0.2) is 53.4 Å². The van der Waals surface area contributed by atoms with Gasteiger partial charge in [-0.3, -0.25) is 4.79 Å². The fourth-order valence-electron chi connectivity index (χ4n) is 2.78. The minimum Gasteiger partial charge on any atom is -0.311 e. The van der Waals surface area contributed by atoms with Gasteiger partial charge in [0.1, 0.15) is 6.04 Å². The van der Waals surface area contributed by atoms with Crippen LogP contribution in [0.1, 0.15) is 12.0 Å². The predicted octanol–water partition coefficient (Wildman–Crippen LogP) is 2.73. The molecule has 126 valence electrons. The third-order valence-corrected chi connectivity index (χ3v) is 6.10. The molecule has 1 aliphatic rings. The molecule has 0 aromatic heterocycles. The van der Waals surface area contributed by atoms with E-state index in [0.717, 1.165) is 5.69 Å². The Labute approximate surface area is 146 Å². The summed E-state index contributed by atoms with van der Waals surface area (Å²) in [5, 5.41) is 0.376. The highest BCUT2D eigenvalue weighted by Gasteiger charge is 2.36. The summed E-state index contributed by atoms with van der Waals surface area (Å²) in [6.45, 7) is 2.12. The predicted molar refractivity (Wildman–Crippen MR) is 93.7 cm³/mol. The van der Waals surface area contributed by atoms with Gasteiger partial charge < -0.3 is 4.90 Å². The second-order valence-electron chi connectivity index (χ2n) is 5.65. The molecule has 1 amide bonds. The molecule has 0 radical (unpaired) electrons. The molecule has 3 rings (SSSR count). The minimum atomic E-state index is -3.82. The first kappa shape index (κ1) is 17.0. The van der Waals surface area contributed by atoms with E-state index in [4.69, 9.17) is 11.6 Å². The Morgan fingerprint density at radius 2 is 1.83 bits per heavy atom. The van der Waals surface area contributed by atoms with E-state index in [1.165, 1.54) is 6.07 Å². The topological polar surface area (TPSA) is 66.5 Å². The number of rotatable bonds is 4. The van der Waals surface area contributed by atoms with E-state index in [9.17, 15) is 13.2 Å². The second kappa shape index (κ2) is 6.55. The number of carbonyl (C=O) groups excluding carboxylic acids is 1. The number of benzene rings is 2. The number of para-hydroxylation sites is 1. The average molecular weight is 365 g/mol. The van der Waals surface area contributed by atoms with Gasteiger partial charge in [0, 0.05) is 17.3 Å². The number of nitrogens with one attached hydrogen (secondary N) is 1. The second-order valence-corrected chi connectivity index (χ2v) is 7.74. The Morgan fingerprint density at radius 3 is 2.54 bits per heavy atom. The van der Waals surface area contributed by atoms with Gasteiger partial charge in [-0.15, -0.1) is 0 Å². The molecule has 24 heavy (non-hydrogen) atoms. The molecule has 1 N–H and O–H groups in total. The molecule has 1 atom stereocenters. The highest BCUT2D eigenvalue weighted by Crippen LogP contribution is 2.25. The van der Waals surface area contributed by atoms with E-state index in [0.29, 0.717) is 23.6 Å². The fourth-order valence-corrected chi connectivity index (χ4v) is 4.50. The zero-order chi connectivity index (χ0) is 17.3. The van der Waals surface area contributed by atoms with Gasteiger partial charge >= 0.3 is 0 Å². The van der Waals surface area contributed by atoms with Gasteiger partial charge in [0.15, 0.2) is 0 Å². The SMILES string of the molecule is Cc1c(Cl)cccc1S(=O)(=O)N[C@H]1CCN(c2ccccc2)C1=O. The van der Waals surface area contributed by atoms with E-state index < -0.39 is 16.1 Å². The molecule has 0 spiro atoms. The van der Waals surface area contributed by atoms with Crippen molar-refractivity contribution in [2.24, 2.45) is 0 Å². The van der Waals surface area contributed by atoms with Gasteiger partial charge in [0.2, 0.25) is 15.9 Å². The molecule has 7 heteroatoms. The van der Waals surface area contributed by atoms with Crippen LogP contribution >= 0.6 is 11.6 Å². The first-order chi connectivity index (χ1) is 11.4. The Morgan fingerprint density at radius 1 is 1.12 bits per heavy atom. The van der Waals surface area contributed by atoms with Gasteiger partial charge in [-0.2, -0.15) is 4.72 Å². The smallest absolute Gasteiger partial charge is 0.245 e. The van der Waals surface area contributed by atoms with Crippen molar-refractivity contribution in [1.29, 1.82) is 0 Å². The zero-order valence-corrected chi connectivity index (χ0v) is 14.6. The molecule has 1 aliphatic heterocycles. The third kappa shape index (κ3) is 3.17. The van der Waals surface area contributed by atoms with Crippen LogP contribution in [-0.2, 0) is 14.8 Å². The van der Waals surface area contributed by atoms with E-state index in [2.05, 4.69) is 4.72 Å². The van der Waals surface area contributed by atoms with Crippen LogP contribution in [0.4, 0.5) is 5.69 Å². The summed E-state index contributed by atoms with van der Waals surface area (Å²) < 4.78 is 27.7. The van der Waals surface area contributed by atoms with E-state index >= 15 is 0 Å². The van der Waals surface area contributed by atoms with E-state index in [-0.39, 0.29) is 10.8 Å². The lowest BCUT2D eigenvalue weighted by Gasteiger charge is -2.17. The average Bonchev–Trinajstić information content (AvgIpc) is 2.91. The summed E-state index contributed by atoms with van der Waals surface area (Å²) in [5.41, 5.74) is 1.24.